The summed E-state index contributed by atoms with van der Waals surface area (Å²) in [6, 6.07) is 6.05. The molecule has 1 N–H and O–H groups in total. The van der Waals surface area contributed by atoms with Gasteiger partial charge in [-0.05, 0) is 25.8 Å². The molecule has 1 aliphatic heterocycles. The van der Waals surface area contributed by atoms with E-state index in [0.29, 0.717) is 18.4 Å². The Morgan fingerprint density at radius 2 is 2.19 bits per heavy atom. The summed E-state index contributed by atoms with van der Waals surface area (Å²) < 4.78 is 11.3. The molecule has 1 fully saturated rings. The van der Waals surface area contributed by atoms with Crippen LogP contribution in [0.25, 0.3) is 0 Å². The van der Waals surface area contributed by atoms with E-state index in [9.17, 15) is 5.11 Å². The van der Waals surface area contributed by atoms with E-state index in [4.69, 9.17) is 9.47 Å². The van der Waals surface area contributed by atoms with Crippen molar-refractivity contribution in [2.45, 2.75) is 52.3 Å². The zero-order valence-electron chi connectivity index (χ0n) is 13.3. The standard InChI is InChI=1S/C17H27NO3/c1-4-8-20-16-7-6-14(17(19)9-16)11-18-10-13(3)21-12-15(18)5-2/h6-7,9,13,15,19H,4-5,8,10-12H2,1-3H3. The molecule has 0 aliphatic carbocycles. The minimum absolute atomic E-state index is 0.252. The Morgan fingerprint density at radius 1 is 1.38 bits per heavy atom. The molecule has 1 aliphatic rings. The Kier molecular flexibility index (Phi) is 5.88. The number of aromatic hydroxyl groups is 1. The maximum absolute atomic E-state index is 10.2. The molecule has 0 spiro atoms. The fourth-order valence-electron chi connectivity index (χ4n) is 2.69. The van der Waals surface area contributed by atoms with Gasteiger partial charge in [0.25, 0.3) is 0 Å². The van der Waals surface area contributed by atoms with Crippen molar-refractivity contribution in [3.63, 3.8) is 0 Å². The molecular formula is C17H27NO3. The summed E-state index contributed by atoms with van der Waals surface area (Å²) in [5.41, 5.74) is 0.950. The predicted octanol–water partition coefficient (Wildman–Crippen LogP) is 3.18. The van der Waals surface area contributed by atoms with Crippen LogP contribution in [0.15, 0.2) is 18.2 Å². The molecule has 4 nitrogen and oxygen atoms in total. The van der Waals surface area contributed by atoms with Gasteiger partial charge in [-0.1, -0.05) is 19.9 Å². The van der Waals surface area contributed by atoms with Gasteiger partial charge in [-0.25, -0.2) is 0 Å². The molecule has 1 saturated heterocycles. The van der Waals surface area contributed by atoms with E-state index in [0.717, 1.165) is 43.9 Å². The highest BCUT2D eigenvalue weighted by Crippen LogP contribution is 2.27. The van der Waals surface area contributed by atoms with Crippen LogP contribution < -0.4 is 4.74 Å². The van der Waals surface area contributed by atoms with Crippen LogP contribution in [0.1, 0.15) is 39.2 Å². The van der Waals surface area contributed by atoms with E-state index in [2.05, 4.69) is 25.7 Å². The maximum atomic E-state index is 10.2. The number of phenols is 1. The van der Waals surface area contributed by atoms with Gasteiger partial charge in [0.05, 0.1) is 19.3 Å². The number of rotatable bonds is 6. The van der Waals surface area contributed by atoms with Gasteiger partial charge in [-0.15, -0.1) is 0 Å². The van der Waals surface area contributed by atoms with Crippen LogP contribution in [-0.2, 0) is 11.3 Å². The molecule has 21 heavy (non-hydrogen) atoms. The number of benzene rings is 1. The average molecular weight is 293 g/mol. The van der Waals surface area contributed by atoms with Crippen molar-refractivity contribution in [1.29, 1.82) is 0 Å². The number of morpholine rings is 1. The normalized spacial score (nSPS) is 23.2. The van der Waals surface area contributed by atoms with Crippen molar-refractivity contribution >= 4 is 0 Å². The molecule has 0 aromatic heterocycles. The van der Waals surface area contributed by atoms with Crippen LogP contribution in [-0.4, -0.2) is 41.9 Å². The van der Waals surface area contributed by atoms with E-state index in [1.165, 1.54) is 0 Å². The van der Waals surface area contributed by atoms with Crippen molar-refractivity contribution < 1.29 is 14.6 Å². The van der Waals surface area contributed by atoms with Gasteiger partial charge in [0.2, 0.25) is 0 Å². The zero-order chi connectivity index (χ0) is 15.2. The van der Waals surface area contributed by atoms with E-state index in [1.54, 1.807) is 6.07 Å². The second kappa shape index (κ2) is 7.66. The third kappa shape index (κ3) is 4.35. The molecule has 1 aromatic rings. The van der Waals surface area contributed by atoms with Crippen LogP contribution in [0.2, 0.25) is 0 Å². The SMILES string of the molecule is CCCOc1ccc(CN2CC(C)OCC2CC)c(O)c1. The summed E-state index contributed by atoms with van der Waals surface area (Å²) in [6.45, 7) is 9.46. The Morgan fingerprint density at radius 3 is 2.86 bits per heavy atom. The number of phenolic OH excluding ortho intramolecular Hbond substituents is 1. The number of ether oxygens (including phenoxy) is 2. The van der Waals surface area contributed by atoms with E-state index in [-0.39, 0.29) is 6.10 Å². The predicted molar refractivity (Wildman–Crippen MR) is 83.8 cm³/mol. The lowest BCUT2D eigenvalue weighted by molar-refractivity contribution is -0.0593. The first-order valence-corrected chi connectivity index (χ1v) is 7.94. The number of hydrogen-bond acceptors (Lipinski definition) is 4. The molecule has 1 heterocycles. The number of nitrogens with zero attached hydrogens (tertiary/aromatic N) is 1. The third-order valence-corrected chi connectivity index (χ3v) is 3.96. The lowest BCUT2D eigenvalue weighted by Gasteiger charge is -2.38. The van der Waals surface area contributed by atoms with E-state index in [1.807, 2.05) is 12.1 Å². The van der Waals surface area contributed by atoms with Crippen molar-refractivity contribution in [3.8, 4) is 11.5 Å². The van der Waals surface area contributed by atoms with Gasteiger partial charge in [-0.3, -0.25) is 4.90 Å². The minimum atomic E-state index is 0.252. The second-order valence-electron chi connectivity index (χ2n) is 5.77. The number of hydrogen-bond donors (Lipinski definition) is 1. The quantitative estimate of drug-likeness (QED) is 0.874. The summed E-state index contributed by atoms with van der Waals surface area (Å²) in [5, 5.41) is 10.2. The third-order valence-electron chi connectivity index (χ3n) is 3.96. The summed E-state index contributed by atoms with van der Waals surface area (Å²) in [5.74, 6) is 1.05. The molecule has 0 saturated carbocycles. The Hall–Kier alpha value is -1.26. The van der Waals surface area contributed by atoms with Gasteiger partial charge in [0, 0.05) is 30.8 Å². The average Bonchev–Trinajstić information content (AvgIpc) is 2.48. The zero-order valence-corrected chi connectivity index (χ0v) is 13.3. The van der Waals surface area contributed by atoms with Gasteiger partial charge in [0.1, 0.15) is 11.5 Å². The minimum Gasteiger partial charge on any atom is -0.507 e. The fourth-order valence-corrected chi connectivity index (χ4v) is 2.69. The summed E-state index contributed by atoms with van der Waals surface area (Å²) in [7, 11) is 0. The maximum Gasteiger partial charge on any atom is 0.123 e. The summed E-state index contributed by atoms with van der Waals surface area (Å²) in [6.07, 6.45) is 2.28. The van der Waals surface area contributed by atoms with Gasteiger partial charge >= 0.3 is 0 Å². The Labute approximate surface area is 127 Å². The van der Waals surface area contributed by atoms with E-state index < -0.39 is 0 Å². The Balaban J connectivity index is 2.04. The Bertz CT molecular complexity index is 450. The molecule has 1 aromatic carbocycles. The second-order valence-corrected chi connectivity index (χ2v) is 5.77. The van der Waals surface area contributed by atoms with Crippen molar-refractivity contribution in [2.24, 2.45) is 0 Å². The lowest BCUT2D eigenvalue weighted by Crippen LogP contribution is -2.47. The molecule has 0 amide bonds. The molecular weight excluding hydrogens is 266 g/mol. The topological polar surface area (TPSA) is 41.9 Å². The fraction of sp³-hybridized carbons (Fsp3) is 0.647. The van der Waals surface area contributed by atoms with Gasteiger partial charge < -0.3 is 14.6 Å². The van der Waals surface area contributed by atoms with Crippen LogP contribution in [0.4, 0.5) is 0 Å². The highest BCUT2D eigenvalue weighted by Gasteiger charge is 2.26. The molecule has 0 bridgehead atoms. The smallest absolute Gasteiger partial charge is 0.123 e. The summed E-state index contributed by atoms with van der Waals surface area (Å²) >= 11 is 0. The largest absolute Gasteiger partial charge is 0.507 e. The first-order chi connectivity index (χ1) is 10.1. The molecule has 4 heteroatoms. The van der Waals surface area contributed by atoms with Crippen LogP contribution in [0.5, 0.6) is 11.5 Å². The molecule has 2 atom stereocenters. The van der Waals surface area contributed by atoms with E-state index >= 15 is 0 Å². The first-order valence-electron chi connectivity index (χ1n) is 7.94. The van der Waals surface area contributed by atoms with Gasteiger partial charge in [0.15, 0.2) is 0 Å². The highest BCUT2D eigenvalue weighted by molar-refractivity contribution is 5.39. The molecule has 2 unspecified atom stereocenters. The molecule has 2 rings (SSSR count). The summed E-state index contributed by atoms with van der Waals surface area (Å²) in [4.78, 5) is 2.40. The highest BCUT2D eigenvalue weighted by atomic mass is 16.5. The van der Waals surface area contributed by atoms with Crippen LogP contribution >= 0.6 is 0 Å². The van der Waals surface area contributed by atoms with Crippen LogP contribution in [0, 0.1) is 0 Å². The molecule has 118 valence electrons. The van der Waals surface area contributed by atoms with Gasteiger partial charge in [-0.2, -0.15) is 0 Å². The van der Waals surface area contributed by atoms with Crippen molar-refractivity contribution in [3.05, 3.63) is 23.8 Å². The lowest BCUT2D eigenvalue weighted by atomic mass is 10.1. The first kappa shape index (κ1) is 16.1. The monoisotopic (exact) mass is 293 g/mol. The molecule has 0 radical (unpaired) electrons. The van der Waals surface area contributed by atoms with Crippen molar-refractivity contribution in [2.75, 3.05) is 19.8 Å². The van der Waals surface area contributed by atoms with Crippen LogP contribution in [0.3, 0.4) is 0 Å². The van der Waals surface area contributed by atoms with Crippen molar-refractivity contribution in [1.82, 2.24) is 4.90 Å².